The van der Waals surface area contributed by atoms with Crippen LogP contribution in [-0.4, -0.2) is 29.7 Å². The first kappa shape index (κ1) is 22.7. The molecular weight excluding hydrogens is 430 g/mol. The van der Waals surface area contributed by atoms with E-state index in [0.29, 0.717) is 23.7 Å². The lowest BCUT2D eigenvalue weighted by molar-refractivity contribution is -0.384. The number of carbonyl (C=O) groups excluding carboxylic acids is 1. The number of hydrogen-bond donors (Lipinski definition) is 2. The lowest BCUT2D eigenvalue weighted by atomic mass is 10.2. The zero-order valence-electron chi connectivity index (χ0n) is 17.2. The van der Waals surface area contributed by atoms with Crippen molar-refractivity contribution < 1.29 is 19.2 Å². The lowest BCUT2D eigenvalue weighted by Crippen LogP contribution is -2.34. The van der Waals surface area contributed by atoms with Gasteiger partial charge in [0, 0.05) is 12.0 Å². The number of ether oxygens (including phenoxy) is 2. The minimum atomic E-state index is -0.564. The smallest absolute Gasteiger partial charge is 0.296 e. The number of carbonyl (C=O) groups is 1. The summed E-state index contributed by atoms with van der Waals surface area (Å²) < 4.78 is 10.8. The molecule has 0 saturated carbocycles. The molecule has 0 spiro atoms. The van der Waals surface area contributed by atoms with Crippen LogP contribution in [0.25, 0.3) is 0 Å². The molecule has 2 N–H and O–H groups in total. The largest absolute Gasteiger partial charge is 0.496 e. The lowest BCUT2D eigenvalue weighted by Gasteiger charge is -2.11. The van der Waals surface area contributed by atoms with Gasteiger partial charge in [0.05, 0.1) is 24.7 Å². The monoisotopic (exact) mass is 451 g/mol. The number of nitro groups is 1. The average Bonchev–Trinajstić information content (AvgIpc) is 2.80. The van der Waals surface area contributed by atoms with Gasteiger partial charge in [-0.3, -0.25) is 20.2 Å². The van der Waals surface area contributed by atoms with Gasteiger partial charge in [-0.2, -0.15) is 0 Å². The molecule has 0 unspecified atom stereocenters. The van der Waals surface area contributed by atoms with E-state index in [1.54, 1.807) is 30.3 Å². The maximum Gasteiger partial charge on any atom is 0.296 e. The molecule has 0 radical (unpaired) electrons. The van der Waals surface area contributed by atoms with Crippen LogP contribution in [0.2, 0.25) is 0 Å². The Kier molecular flexibility index (Phi) is 7.71. The van der Waals surface area contributed by atoms with Crippen LogP contribution in [0.5, 0.6) is 11.5 Å². The van der Waals surface area contributed by atoms with Gasteiger partial charge in [0.1, 0.15) is 17.2 Å². The van der Waals surface area contributed by atoms with E-state index in [0.717, 1.165) is 12.0 Å². The fourth-order valence-corrected chi connectivity index (χ4v) is 3.09. The highest BCUT2D eigenvalue weighted by Gasteiger charge is 2.17. The van der Waals surface area contributed by atoms with Gasteiger partial charge in [-0.25, -0.2) is 0 Å². The average molecular weight is 452 g/mol. The summed E-state index contributed by atoms with van der Waals surface area (Å²) in [5.41, 5.74) is 1.41. The molecule has 8 nitrogen and oxygen atoms in total. The Hall–Kier alpha value is -3.98. The topological polar surface area (TPSA) is 103 Å². The quantitative estimate of drug-likeness (QED) is 0.298. The van der Waals surface area contributed by atoms with Crippen LogP contribution in [0.1, 0.15) is 15.9 Å². The Morgan fingerprint density at radius 2 is 1.81 bits per heavy atom. The molecule has 0 aliphatic heterocycles. The van der Waals surface area contributed by atoms with Crippen molar-refractivity contribution >= 4 is 34.6 Å². The standard InChI is InChI=1S/C23H21N3O5S/c1-30-18-10-11-20(21(15-18)26(28)29)24-23(32)25-22(27)17-8-5-9-19(14-17)31-13-12-16-6-3-2-4-7-16/h2-11,14-15H,12-13H2,1H3,(H2,24,25,27,32). The normalized spacial score (nSPS) is 10.2. The SMILES string of the molecule is COc1ccc(NC(=S)NC(=O)c2cccc(OCCc3ccccc3)c2)c([N+](=O)[O-])c1. The Bertz CT molecular complexity index is 1120. The van der Waals surface area contributed by atoms with Gasteiger partial charge in [-0.05, 0) is 48.1 Å². The third kappa shape index (κ3) is 6.26. The van der Waals surface area contributed by atoms with E-state index in [4.69, 9.17) is 21.7 Å². The van der Waals surface area contributed by atoms with Gasteiger partial charge >= 0.3 is 0 Å². The molecule has 32 heavy (non-hydrogen) atoms. The number of methoxy groups -OCH3 is 1. The molecular formula is C23H21N3O5S. The molecule has 1 amide bonds. The summed E-state index contributed by atoms with van der Waals surface area (Å²) in [6.07, 6.45) is 0.742. The highest BCUT2D eigenvalue weighted by atomic mass is 32.1. The zero-order chi connectivity index (χ0) is 22.9. The van der Waals surface area contributed by atoms with Crippen molar-refractivity contribution in [1.82, 2.24) is 5.32 Å². The number of rotatable bonds is 8. The Morgan fingerprint density at radius 3 is 2.53 bits per heavy atom. The molecule has 164 valence electrons. The molecule has 3 rings (SSSR count). The summed E-state index contributed by atoms with van der Waals surface area (Å²) in [6, 6.07) is 20.9. The molecule has 0 atom stereocenters. The van der Waals surface area contributed by atoms with E-state index < -0.39 is 10.8 Å². The number of hydrogen-bond acceptors (Lipinski definition) is 6. The second-order valence-corrected chi connectivity index (χ2v) is 7.07. The summed E-state index contributed by atoms with van der Waals surface area (Å²) in [5.74, 6) is 0.423. The molecule has 0 fully saturated rings. The van der Waals surface area contributed by atoms with Gasteiger partial charge in [-0.1, -0.05) is 36.4 Å². The van der Waals surface area contributed by atoms with Crippen LogP contribution in [0.15, 0.2) is 72.8 Å². The van der Waals surface area contributed by atoms with Crippen molar-refractivity contribution in [3.05, 3.63) is 94.0 Å². The van der Waals surface area contributed by atoms with E-state index in [2.05, 4.69) is 10.6 Å². The van der Waals surface area contributed by atoms with Crippen molar-refractivity contribution in [3.8, 4) is 11.5 Å². The van der Waals surface area contributed by atoms with Gasteiger partial charge < -0.3 is 14.8 Å². The van der Waals surface area contributed by atoms with Crippen LogP contribution in [0, 0.1) is 10.1 Å². The molecule has 0 bridgehead atoms. The first-order valence-electron chi connectivity index (χ1n) is 9.68. The molecule has 3 aromatic rings. The summed E-state index contributed by atoms with van der Waals surface area (Å²) >= 11 is 5.15. The maximum atomic E-state index is 12.6. The van der Waals surface area contributed by atoms with Gasteiger partial charge in [0.25, 0.3) is 11.6 Å². The Labute approximate surface area is 190 Å². The number of benzene rings is 3. The minimum absolute atomic E-state index is 0.0707. The van der Waals surface area contributed by atoms with Gasteiger partial charge in [0.15, 0.2) is 5.11 Å². The molecule has 0 heterocycles. The number of nitrogens with one attached hydrogen (secondary N) is 2. The fraction of sp³-hybridized carbons (Fsp3) is 0.130. The highest BCUT2D eigenvalue weighted by Crippen LogP contribution is 2.28. The van der Waals surface area contributed by atoms with Crippen molar-refractivity contribution in [1.29, 1.82) is 0 Å². The summed E-state index contributed by atoms with van der Waals surface area (Å²) in [6.45, 7) is 0.468. The molecule has 0 saturated heterocycles. The van der Waals surface area contributed by atoms with E-state index in [-0.39, 0.29) is 16.5 Å². The number of amides is 1. The van der Waals surface area contributed by atoms with E-state index in [1.165, 1.54) is 19.2 Å². The first-order chi connectivity index (χ1) is 15.5. The summed E-state index contributed by atoms with van der Waals surface area (Å²) in [7, 11) is 1.41. The summed E-state index contributed by atoms with van der Waals surface area (Å²) in [5, 5.41) is 16.4. The fourth-order valence-electron chi connectivity index (χ4n) is 2.88. The molecule has 9 heteroatoms. The first-order valence-corrected chi connectivity index (χ1v) is 10.1. The van der Waals surface area contributed by atoms with Crippen LogP contribution >= 0.6 is 12.2 Å². The third-order valence-corrected chi connectivity index (χ3v) is 4.68. The third-order valence-electron chi connectivity index (χ3n) is 4.48. The maximum absolute atomic E-state index is 12.6. The predicted octanol–water partition coefficient (Wildman–Crippen LogP) is 4.35. The second kappa shape index (κ2) is 10.9. The van der Waals surface area contributed by atoms with Crippen molar-refractivity contribution in [2.24, 2.45) is 0 Å². The Morgan fingerprint density at radius 1 is 1.03 bits per heavy atom. The van der Waals surface area contributed by atoms with E-state index >= 15 is 0 Å². The number of nitro benzene ring substituents is 1. The molecule has 0 aromatic heterocycles. The second-order valence-electron chi connectivity index (χ2n) is 6.66. The molecule has 0 aliphatic rings. The van der Waals surface area contributed by atoms with Crippen molar-refractivity contribution in [2.45, 2.75) is 6.42 Å². The number of nitrogens with zero attached hydrogens (tertiary/aromatic N) is 1. The van der Waals surface area contributed by atoms with E-state index in [9.17, 15) is 14.9 Å². The van der Waals surface area contributed by atoms with Crippen LogP contribution in [0.4, 0.5) is 11.4 Å². The number of thiocarbonyl (C=S) groups is 1. The van der Waals surface area contributed by atoms with Crippen molar-refractivity contribution in [2.75, 3.05) is 19.0 Å². The molecule has 0 aliphatic carbocycles. The van der Waals surface area contributed by atoms with Gasteiger partial charge in [-0.15, -0.1) is 0 Å². The van der Waals surface area contributed by atoms with Crippen LogP contribution in [-0.2, 0) is 6.42 Å². The Balaban J connectivity index is 1.59. The highest BCUT2D eigenvalue weighted by molar-refractivity contribution is 7.80. The van der Waals surface area contributed by atoms with Gasteiger partial charge in [0.2, 0.25) is 0 Å². The minimum Gasteiger partial charge on any atom is -0.496 e. The predicted molar refractivity (Wildman–Crippen MR) is 125 cm³/mol. The zero-order valence-corrected chi connectivity index (χ0v) is 18.1. The number of anilines is 1. The van der Waals surface area contributed by atoms with E-state index in [1.807, 2.05) is 30.3 Å². The van der Waals surface area contributed by atoms with Crippen LogP contribution in [0.3, 0.4) is 0 Å². The summed E-state index contributed by atoms with van der Waals surface area (Å²) in [4.78, 5) is 23.3. The van der Waals surface area contributed by atoms with Crippen LogP contribution < -0.4 is 20.1 Å². The van der Waals surface area contributed by atoms with Crippen molar-refractivity contribution in [3.63, 3.8) is 0 Å². The molecule has 3 aromatic carbocycles.